The third-order valence-corrected chi connectivity index (χ3v) is 1.34. The van der Waals surface area contributed by atoms with Gasteiger partial charge in [-0.3, -0.25) is 0 Å². The van der Waals surface area contributed by atoms with Crippen LogP contribution in [-0.4, -0.2) is 30.4 Å². The molecular formula is C9H16O4. The smallest absolute Gasteiger partial charge is 0.339 e. The summed E-state index contributed by atoms with van der Waals surface area (Å²) in [6, 6.07) is 0. The first-order valence-electron chi connectivity index (χ1n) is 4.30. The fourth-order valence-electron chi connectivity index (χ4n) is 0.705. The molecule has 0 aliphatic heterocycles. The number of carbonyl (C=O) groups is 1. The molecule has 0 aromatic rings. The van der Waals surface area contributed by atoms with Crippen molar-refractivity contribution >= 4 is 5.97 Å². The third kappa shape index (κ3) is 4.52. The predicted octanol–water partition coefficient (Wildman–Crippen LogP) is 0.851. The molecule has 0 amide bonds. The molecule has 0 fully saturated rings. The Bertz CT molecular complexity index is 184. The first kappa shape index (κ1) is 12.0. The van der Waals surface area contributed by atoms with Crippen molar-refractivity contribution in [1.29, 1.82) is 0 Å². The number of hydrogen-bond acceptors (Lipinski definition) is 4. The van der Waals surface area contributed by atoms with E-state index in [4.69, 9.17) is 9.47 Å². The Morgan fingerprint density at radius 1 is 1.46 bits per heavy atom. The van der Waals surface area contributed by atoms with Gasteiger partial charge in [0, 0.05) is 0 Å². The average molecular weight is 188 g/mol. The molecule has 0 heterocycles. The summed E-state index contributed by atoms with van der Waals surface area (Å²) in [7, 11) is 0. The molecule has 0 saturated heterocycles. The van der Waals surface area contributed by atoms with Gasteiger partial charge < -0.3 is 14.6 Å². The van der Waals surface area contributed by atoms with Gasteiger partial charge in [0.1, 0.15) is 0 Å². The quantitative estimate of drug-likeness (QED) is 0.395. The van der Waals surface area contributed by atoms with Crippen LogP contribution >= 0.6 is 0 Å². The van der Waals surface area contributed by atoms with Crippen molar-refractivity contribution in [1.82, 2.24) is 0 Å². The van der Waals surface area contributed by atoms with Gasteiger partial charge in [-0.15, -0.1) is 0 Å². The van der Waals surface area contributed by atoms with Crippen molar-refractivity contribution in [2.45, 2.75) is 26.9 Å². The second-order valence-corrected chi connectivity index (χ2v) is 2.42. The minimum absolute atomic E-state index is 0.142. The van der Waals surface area contributed by atoms with Crippen molar-refractivity contribution in [3.63, 3.8) is 0 Å². The molecule has 0 radical (unpaired) electrons. The lowest BCUT2D eigenvalue weighted by molar-refractivity contribution is -0.139. The lowest BCUT2D eigenvalue weighted by Gasteiger charge is -2.08. The number of aliphatic hydroxyl groups is 1. The summed E-state index contributed by atoms with van der Waals surface area (Å²) in [5.41, 5.74) is 0.142. The Morgan fingerprint density at radius 3 is 2.46 bits per heavy atom. The number of aliphatic hydroxyl groups excluding tert-OH is 1. The van der Waals surface area contributed by atoms with E-state index < -0.39 is 12.1 Å². The number of hydrogen-bond donors (Lipinski definition) is 1. The minimum Gasteiger partial charge on any atom is -0.501 e. The zero-order valence-electron chi connectivity index (χ0n) is 8.24. The zero-order chi connectivity index (χ0) is 10.3. The van der Waals surface area contributed by atoms with Gasteiger partial charge in [-0.25, -0.2) is 4.79 Å². The molecule has 0 spiro atoms. The Morgan fingerprint density at radius 2 is 2.08 bits per heavy atom. The highest BCUT2D eigenvalue weighted by atomic mass is 16.5. The summed E-state index contributed by atoms with van der Waals surface area (Å²) in [5.74, 6) is -0.536. The van der Waals surface area contributed by atoms with Crippen LogP contribution in [0.4, 0.5) is 0 Å². The van der Waals surface area contributed by atoms with Crippen LogP contribution < -0.4 is 0 Å². The normalized spacial score (nSPS) is 13.7. The van der Waals surface area contributed by atoms with Crippen molar-refractivity contribution in [2.24, 2.45) is 0 Å². The van der Waals surface area contributed by atoms with Crippen LogP contribution in [0.5, 0.6) is 0 Å². The molecule has 0 saturated carbocycles. The monoisotopic (exact) mass is 188 g/mol. The summed E-state index contributed by atoms with van der Waals surface area (Å²) >= 11 is 0. The lowest BCUT2D eigenvalue weighted by atomic mass is 10.2. The van der Waals surface area contributed by atoms with Crippen LogP contribution in [0.15, 0.2) is 11.8 Å². The van der Waals surface area contributed by atoms with Gasteiger partial charge in [0.05, 0.1) is 31.2 Å². The van der Waals surface area contributed by atoms with E-state index in [1.165, 1.54) is 13.2 Å². The van der Waals surface area contributed by atoms with Gasteiger partial charge in [-0.05, 0) is 20.8 Å². The molecule has 0 rings (SSSR count). The second-order valence-electron chi connectivity index (χ2n) is 2.42. The van der Waals surface area contributed by atoms with E-state index >= 15 is 0 Å². The molecule has 13 heavy (non-hydrogen) atoms. The topological polar surface area (TPSA) is 55.8 Å². The van der Waals surface area contributed by atoms with Crippen molar-refractivity contribution in [2.75, 3.05) is 13.2 Å². The molecule has 1 unspecified atom stereocenters. The average Bonchev–Trinajstić information content (AvgIpc) is 2.05. The molecular weight excluding hydrogens is 172 g/mol. The molecule has 0 aromatic heterocycles. The summed E-state index contributed by atoms with van der Waals surface area (Å²) in [5, 5.41) is 9.19. The van der Waals surface area contributed by atoms with Crippen LogP contribution in [0.3, 0.4) is 0 Å². The summed E-state index contributed by atoms with van der Waals surface area (Å²) < 4.78 is 9.62. The van der Waals surface area contributed by atoms with Gasteiger partial charge >= 0.3 is 5.97 Å². The highest BCUT2D eigenvalue weighted by Crippen LogP contribution is 2.04. The summed E-state index contributed by atoms with van der Waals surface area (Å²) in [6.45, 7) is 5.73. The van der Waals surface area contributed by atoms with Crippen molar-refractivity contribution < 1.29 is 19.4 Å². The Labute approximate surface area is 78.2 Å². The molecule has 1 atom stereocenters. The van der Waals surface area contributed by atoms with Crippen LogP contribution in [-0.2, 0) is 14.3 Å². The molecule has 4 heteroatoms. The molecule has 4 nitrogen and oxygen atoms in total. The zero-order valence-corrected chi connectivity index (χ0v) is 8.24. The van der Waals surface area contributed by atoms with Crippen LogP contribution in [0, 0.1) is 0 Å². The summed E-state index contributed by atoms with van der Waals surface area (Å²) in [6.07, 6.45) is 0.369. The minimum atomic E-state index is -0.870. The first-order valence-corrected chi connectivity index (χ1v) is 4.30. The van der Waals surface area contributed by atoms with Gasteiger partial charge in [-0.2, -0.15) is 0 Å². The van der Waals surface area contributed by atoms with Crippen molar-refractivity contribution in [3.05, 3.63) is 11.8 Å². The van der Waals surface area contributed by atoms with E-state index in [-0.39, 0.29) is 12.2 Å². The Balaban J connectivity index is 4.32. The van der Waals surface area contributed by atoms with E-state index in [2.05, 4.69) is 0 Å². The van der Waals surface area contributed by atoms with Crippen LogP contribution in [0.25, 0.3) is 0 Å². The maximum atomic E-state index is 11.2. The highest BCUT2D eigenvalue weighted by Gasteiger charge is 2.16. The van der Waals surface area contributed by atoms with Crippen LogP contribution in [0.1, 0.15) is 20.8 Å². The van der Waals surface area contributed by atoms with E-state index in [0.717, 1.165) is 0 Å². The van der Waals surface area contributed by atoms with E-state index in [1.54, 1.807) is 13.8 Å². The van der Waals surface area contributed by atoms with E-state index in [9.17, 15) is 9.90 Å². The summed E-state index contributed by atoms with van der Waals surface area (Å²) in [4.78, 5) is 11.2. The maximum absolute atomic E-state index is 11.2. The second kappa shape index (κ2) is 6.48. The molecule has 0 bridgehead atoms. The standard InChI is InChI=1S/C9H16O4/c1-4-12-6-8(7(3)10)9(11)13-5-2/h6-7,10H,4-5H2,1-3H3. The van der Waals surface area contributed by atoms with E-state index in [1.807, 2.05) is 0 Å². The number of esters is 1. The predicted molar refractivity (Wildman–Crippen MR) is 48.0 cm³/mol. The number of rotatable bonds is 5. The van der Waals surface area contributed by atoms with Crippen molar-refractivity contribution in [3.8, 4) is 0 Å². The van der Waals surface area contributed by atoms with Gasteiger partial charge in [0.15, 0.2) is 0 Å². The Hall–Kier alpha value is -1.03. The molecule has 1 N–H and O–H groups in total. The third-order valence-electron chi connectivity index (χ3n) is 1.34. The SMILES string of the molecule is CCOC=C(C(=O)OCC)C(C)O. The number of carbonyl (C=O) groups excluding carboxylic acids is 1. The van der Waals surface area contributed by atoms with Gasteiger partial charge in [0.2, 0.25) is 0 Å². The van der Waals surface area contributed by atoms with E-state index in [0.29, 0.717) is 6.61 Å². The van der Waals surface area contributed by atoms with Gasteiger partial charge in [-0.1, -0.05) is 0 Å². The largest absolute Gasteiger partial charge is 0.501 e. The van der Waals surface area contributed by atoms with Crippen LogP contribution in [0.2, 0.25) is 0 Å². The number of ether oxygens (including phenoxy) is 2. The fraction of sp³-hybridized carbons (Fsp3) is 0.667. The first-order chi connectivity index (χ1) is 6.13. The lowest BCUT2D eigenvalue weighted by Crippen LogP contribution is -2.17. The molecule has 76 valence electrons. The maximum Gasteiger partial charge on any atom is 0.339 e. The fourth-order valence-corrected chi connectivity index (χ4v) is 0.705. The highest BCUT2D eigenvalue weighted by molar-refractivity contribution is 5.89. The Kier molecular flexibility index (Phi) is 5.97. The molecule has 0 aliphatic rings. The molecule has 0 aromatic carbocycles. The molecule has 0 aliphatic carbocycles. The van der Waals surface area contributed by atoms with Gasteiger partial charge in [0.25, 0.3) is 0 Å².